The van der Waals surface area contributed by atoms with Crippen LogP contribution in [0, 0.1) is 5.92 Å². The Bertz CT molecular complexity index is 496. The van der Waals surface area contributed by atoms with Gasteiger partial charge in [0, 0.05) is 25.1 Å². The first kappa shape index (κ1) is 18.5. The van der Waals surface area contributed by atoms with Crippen molar-refractivity contribution in [3.63, 3.8) is 0 Å². The second kappa shape index (κ2) is 8.22. The predicted octanol–water partition coefficient (Wildman–Crippen LogP) is 0.640. The van der Waals surface area contributed by atoms with E-state index >= 15 is 0 Å². The Kier molecular flexibility index (Phi) is 6.93. The first-order valence-electron chi connectivity index (χ1n) is 7.21. The van der Waals surface area contributed by atoms with Gasteiger partial charge in [0.2, 0.25) is 5.91 Å². The quantitative estimate of drug-likeness (QED) is 0.322. The number of amides is 3. The minimum atomic E-state index is -3.51. The third-order valence-corrected chi connectivity index (χ3v) is 3.91. The number of rotatable bonds is 9. The second-order valence-electron chi connectivity index (χ2n) is 5.56. The van der Waals surface area contributed by atoms with Crippen molar-refractivity contribution in [3.8, 4) is 0 Å². The summed E-state index contributed by atoms with van der Waals surface area (Å²) in [6.45, 7) is 2.33. The largest absolute Gasteiger partial charge is 0.300 e. The summed E-state index contributed by atoms with van der Waals surface area (Å²) in [6, 6.07) is 0. The summed E-state index contributed by atoms with van der Waals surface area (Å²) in [5, 5.41) is 2.08. The highest BCUT2D eigenvalue weighted by atomic mass is 31.2. The molecule has 1 unspecified atom stereocenters. The Morgan fingerprint density at radius 2 is 1.82 bits per heavy atom. The van der Waals surface area contributed by atoms with E-state index in [2.05, 4.69) is 5.09 Å². The van der Waals surface area contributed by atoms with Crippen LogP contribution >= 0.6 is 7.59 Å². The van der Waals surface area contributed by atoms with Crippen LogP contribution in [0.15, 0.2) is 12.2 Å². The van der Waals surface area contributed by atoms with Crippen molar-refractivity contribution in [1.82, 2.24) is 9.99 Å². The summed E-state index contributed by atoms with van der Waals surface area (Å²) in [5.41, 5.74) is 10.1. The van der Waals surface area contributed by atoms with Crippen molar-refractivity contribution in [2.75, 3.05) is 6.54 Å². The third-order valence-electron chi connectivity index (χ3n) is 3.31. The summed E-state index contributed by atoms with van der Waals surface area (Å²) in [7, 11) is -3.51. The molecule has 1 heterocycles. The van der Waals surface area contributed by atoms with Crippen LogP contribution in [0.3, 0.4) is 0 Å². The Morgan fingerprint density at radius 3 is 2.36 bits per heavy atom. The minimum absolute atomic E-state index is 0.114. The van der Waals surface area contributed by atoms with Crippen molar-refractivity contribution >= 4 is 25.3 Å². The normalized spacial score (nSPS) is 16.2. The van der Waals surface area contributed by atoms with Gasteiger partial charge in [-0.15, -0.1) is 0 Å². The van der Waals surface area contributed by atoms with Crippen molar-refractivity contribution in [3.05, 3.63) is 12.2 Å². The molecular weight excluding hydrogens is 307 g/mol. The van der Waals surface area contributed by atoms with Crippen LogP contribution in [0.25, 0.3) is 0 Å². The van der Waals surface area contributed by atoms with Gasteiger partial charge in [-0.25, -0.2) is 0 Å². The molecule has 1 aliphatic heterocycles. The number of hydrogen-bond acceptors (Lipinski definition) is 4. The van der Waals surface area contributed by atoms with Crippen LogP contribution < -0.4 is 16.1 Å². The van der Waals surface area contributed by atoms with Crippen LogP contribution in [-0.4, -0.2) is 29.2 Å². The van der Waals surface area contributed by atoms with Gasteiger partial charge in [-0.3, -0.25) is 39.9 Å². The molecule has 3 amide bonds. The van der Waals surface area contributed by atoms with Crippen LogP contribution in [0.4, 0.5) is 0 Å². The Morgan fingerprint density at radius 1 is 1.23 bits per heavy atom. The lowest BCUT2D eigenvalue weighted by Gasteiger charge is -2.15. The summed E-state index contributed by atoms with van der Waals surface area (Å²) < 4.78 is 11.0. The van der Waals surface area contributed by atoms with E-state index in [4.69, 9.17) is 11.0 Å². The standard InChI is InChI=1S/C13H23N4O4P/c1-10(9-11(18)16-22(14,15)21)5-3-2-4-8-17-12(19)6-7-13(17)20/h6-7,10H,2-5,8-9H2,1H3,(H5,14,15,16,18,21). The lowest BCUT2D eigenvalue weighted by molar-refractivity contribution is -0.136. The highest BCUT2D eigenvalue weighted by Crippen LogP contribution is 2.20. The van der Waals surface area contributed by atoms with Crippen molar-refractivity contribution in [1.29, 1.82) is 0 Å². The summed E-state index contributed by atoms with van der Waals surface area (Å²) in [4.78, 5) is 35.3. The van der Waals surface area contributed by atoms with Crippen LogP contribution in [0.2, 0.25) is 0 Å². The number of imide groups is 1. The SMILES string of the molecule is CC(CCCCCN1C(=O)C=CC1=O)CC(=O)NP(N)(N)=O. The van der Waals surface area contributed by atoms with Gasteiger partial charge in [-0.1, -0.05) is 26.2 Å². The number of unbranched alkanes of at least 4 members (excludes halogenated alkanes) is 2. The Balaban J connectivity index is 2.11. The number of hydrogen-bond donors (Lipinski definition) is 3. The highest BCUT2D eigenvalue weighted by Gasteiger charge is 2.22. The van der Waals surface area contributed by atoms with E-state index in [0.29, 0.717) is 6.54 Å². The lowest BCUT2D eigenvalue weighted by atomic mass is 9.99. The molecule has 0 saturated carbocycles. The molecule has 0 radical (unpaired) electrons. The van der Waals surface area contributed by atoms with Crippen LogP contribution in [0.1, 0.15) is 39.0 Å². The molecule has 9 heteroatoms. The lowest BCUT2D eigenvalue weighted by Crippen LogP contribution is -2.30. The third kappa shape index (κ3) is 6.98. The number of nitrogens with zero attached hydrogens (tertiary/aromatic N) is 1. The van der Waals surface area contributed by atoms with Gasteiger partial charge < -0.3 is 0 Å². The summed E-state index contributed by atoms with van der Waals surface area (Å²) in [5.74, 6) is -0.825. The Labute approximate surface area is 129 Å². The highest BCUT2D eigenvalue weighted by molar-refractivity contribution is 7.57. The summed E-state index contributed by atoms with van der Waals surface area (Å²) >= 11 is 0. The minimum Gasteiger partial charge on any atom is -0.283 e. The van der Waals surface area contributed by atoms with Crippen molar-refractivity contribution < 1.29 is 18.9 Å². The van der Waals surface area contributed by atoms with Crippen LogP contribution in [0.5, 0.6) is 0 Å². The molecule has 1 rings (SSSR count). The Hall–Kier alpha value is -1.50. The molecule has 124 valence electrons. The fourth-order valence-electron chi connectivity index (χ4n) is 2.25. The predicted molar refractivity (Wildman–Crippen MR) is 82.2 cm³/mol. The molecule has 5 N–H and O–H groups in total. The van der Waals surface area contributed by atoms with Gasteiger partial charge in [0.05, 0.1) is 0 Å². The molecule has 1 aliphatic rings. The molecule has 1 atom stereocenters. The van der Waals surface area contributed by atoms with Gasteiger partial charge in [0.15, 0.2) is 0 Å². The number of carbonyl (C=O) groups is 3. The van der Waals surface area contributed by atoms with Gasteiger partial charge >= 0.3 is 0 Å². The van der Waals surface area contributed by atoms with Crippen LogP contribution in [-0.2, 0) is 18.9 Å². The molecule has 0 aromatic rings. The smallest absolute Gasteiger partial charge is 0.283 e. The summed E-state index contributed by atoms with van der Waals surface area (Å²) in [6.07, 6.45) is 6.04. The molecule has 0 fully saturated rings. The van der Waals surface area contributed by atoms with E-state index in [9.17, 15) is 18.9 Å². The molecule has 0 spiro atoms. The fraction of sp³-hybridized carbons (Fsp3) is 0.615. The average molecular weight is 330 g/mol. The zero-order valence-electron chi connectivity index (χ0n) is 12.7. The molecular formula is C13H23N4O4P. The fourth-order valence-corrected chi connectivity index (χ4v) is 2.73. The maximum Gasteiger partial charge on any atom is 0.300 e. The zero-order valence-corrected chi connectivity index (χ0v) is 13.6. The number of nitrogens with one attached hydrogen (secondary N) is 1. The van der Waals surface area contributed by atoms with Crippen molar-refractivity contribution in [2.45, 2.75) is 39.0 Å². The molecule has 8 nitrogen and oxygen atoms in total. The number of carbonyl (C=O) groups excluding carboxylic acids is 3. The molecule has 22 heavy (non-hydrogen) atoms. The first-order chi connectivity index (χ1) is 10.2. The maximum atomic E-state index is 11.5. The topological polar surface area (TPSA) is 136 Å². The van der Waals surface area contributed by atoms with Gasteiger partial charge in [-0.05, 0) is 12.3 Å². The van der Waals surface area contributed by atoms with Gasteiger partial charge in [0.25, 0.3) is 19.4 Å². The molecule has 0 aliphatic carbocycles. The number of nitrogens with two attached hydrogens (primary N) is 2. The first-order valence-corrected chi connectivity index (χ1v) is 9.05. The molecule has 0 saturated heterocycles. The van der Waals surface area contributed by atoms with E-state index < -0.39 is 13.5 Å². The van der Waals surface area contributed by atoms with E-state index in [1.807, 2.05) is 6.92 Å². The zero-order chi connectivity index (χ0) is 16.8. The molecule has 0 aromatic carbocycles. The second-order valence-corrected chi connectivity index (χ2v) is 7.21. The van der Waals surface area contributed by atoms with E-state index in [1.54, 1.807) is 0 Å². The molecule has 0 bridgehead atoms. The monoisotopic (exact) mass is 330 g/mol. The average Bonchev–Trinajstić information content (AvgIpc) is 2.67. The van der Waals surface area contributed by atoms with Crippen molar-refractivity contribution in [2.24, 2.45) is 16.9 Å². The maximum absolute atomic E-state index is 11.5. The van der Waals surface area contributed by atoms with E-state index in [-0.39, 0.29) is 24.2 Å². The van der Waals surface area contributed by atoms with E-state index in [1.165, 1.54) is 17.1 Å². The van der Waals surface area contributed by atoms with Gasteiger partial charge in [-0.2, -0.15) is 0 Å². The molecule has 0 aromatic heterocycles. The van der Waals surface area contributed by atoms with E-state index in [0.717, 1.165) is 25.7 Å². The van der Waals surface area contributed by atoms with Gasteiger partial charge in [0.1, 0.15) is 0 Å².